The van der Waals surface area contributed by atoms with E-state index in [1.54, 1.807) is 0 Å². The van der Waals surface area contributed by atoms with Crippen molar-refractivity contribution in [2.75, 3.05) is 26.7 Å². The Bertz CT molecular complexity index is 179. The summed E-state index contributed by atoms with van der Waals surface area (Å²) in [6, 6.07) is 0. The minimum atomic E-state index is 1.29. The molecule has 0 aliphatic heterocycles. The van der Waals surface area contributed by atoms with E-state index in [-0.39, 0.29) is 0 Å². The average molecular weight is 271 g/mol. The van der Waals surface area contributed by atoms with E-state index in [0.29, 0.717) is 0 Å². The Hall–Kier alpha value is -0.0400. The third-order valence-electron chi connectivity index (χ3n) is 4.58. The zero-order chi connectivity index (χ0) is 14.4. The van der Waals surface area contributed by atoms with Crippen LogP contribution < -0.4 is 0 Å². The molecule has 116 valence electrons. The summed E-state index contributed by atoms with van der Waals surface area (Å²) in [5, 5.41) is 0. The van der Waals surface area contributed by atoms with Crippen molar-refractivity contribution >= 4 is 0 Å². The van der Waals surface area contributed by atoms with Gasteiger partial charge in [0.15, 0.2) is 0 Å². The second-order valence-corrected chi connectivity index (χ2v) is 6.56. The highest BCUT2D eigenvalue weighted by molar-refractivity contribution is 4.48. The first-order valence-corrected chi connectivity index (χ1v) is 9.02. The summed E-state index contributed by atoms with van der Waals surface area (Å²) < 4.78 is 1.29. The first-order valence-electron chi connectivity index (χ1n) is 9.02. The molecular weight excluding hydrogens is 230 g/mol. The van der Waals surface area contributed by atoms with Crippen LogP contribution in [0, 0.1) is 0 Å². The maximum Gasteiger partial charge on any atom is 0.0784 e. The molecule has 0 heterocycles. The Kier molecular flexibility index (Phi) is 12.9. The van der Waals surface area contributed by atoms with E-state index < -0.39 is 0 Å². The molecule has 0 saturated carbocycles. The van der Waals surface area contributed by atoms with Gasteiger partial charge in [-0.1, -0.05) is 65.2 Å². The fourth-order valence-corrected chi connectivity index (χ4v) is 2.95. The van der Waals surface area contributed by atoms with E-state index >= 15 is 0 Å². The molecule has 0 N–H and O–H groups in total. The summed E-state index contributed by atoms with van der Waals surface area (Å²) in [6.07, 6.45) is 15.8. The molecule has 19 heavy (non-hydrogen) atoms. The fourth-order valence-electron chi connectivity index (χ4n) is 2.95. The van der Waals surface area contributed by atoms with E-state index in [2.05, 4.69) is 27.8 Å². The van der Waals surface area contributed by atoms with Crippen LogP contribution in [0.1, 0.15) is 91.4 Å². The van der Waals surface area contributed by atoms with Gasteiger partial charge in [0.1, 0.15) is 0 Å². The van der Waals surface area contributed by atoms with Crippen LogP contribution in [0.5, 0.6) is 0 Å². The van der Waals surface area contributed by atoms with Gasteiger partial charge in [0.25, 0.3) is 0 Å². The van der Waals surface area contributed by atoms with Crippen molar-refractivity contribution in [1.29, 1.82) is 0 Å². The van der Waals surface area contributed by atoms with Gasteiger partial charge in [-0.2, -0.15) is 0 Å². The standard InChI is InChI=1S/C18H40N/c1-5-8-9-10-11-12-13-14-15-16-18-19(4,7-3)17-6-2/h5-18H2,1-4H3/q+1. The first kappa shape index (κ1) is 19.0. The number of hydrogen-bond donors (Lipinski definition) is 0. The van der Waals surface area contributed by atoms with Gasteiger partial charge in [-0.25, -0.2) is 0 Å². The summed E-state index contributed by atoms with van der Waals surface area (Å²) in [4.78, 5) is 0. The fraction of sp³-hybridized carbons (Fsp3) is 1.00. The molecule has 0 saturated heterocycles. The zero-order valence-corrected chi connectivity index (χ0v) is 14.3. The third-order valence-corrected chi connectivity index (χ3v) is 4.58. The van der Waals surface area contributed by atoms with Gasteiger partial charge in [0.05, 0.1) is 26.7 Å². The van der Waals surface area contributed by atoms with Crippen molar-refractivity contribution in [3.8, 4) is 0 Å². The van der Waals surface area contributed by atoms with Gasteiger partial charge >= 0.3 is 0 Å². The highest BCUT2D eigenvalue weighted by atomic mass is 15.3. The molecule has 0 amide bonds. The number of rotatable bonds is 14. The average Bonchev–Trinajstić information content (AvgIpc) is 2.41. The molecule has 0 bridgehead atoms. The molecule has 1 heteroatoms. The second-order valence-electron chi connectivity index (χ2n) is 6.56. The van der Waals surface area contributed by atoms with Crippen LogP contribution in [0.25, 0.3) is 0 Å². The monoisotopic (exact) mass is 270 g/mol. The molecule has 0 aliphatic rings. The number of hydrogen-bond acceptors (Lipinski definition) is 0. The van der Waals surface area contributed by atoms with E-state index in [1.165, 1.54) is 94.7 Å². The van der Waals surface area contributed by atoms with Crippen molar-refractivity contribution < 1.29 is 4.48 Å². The Labute approximate surface area is 123 Å². The van der Waals surface area contributed by atoms with Crippen molar-refractivity contribution in [2.24, 2.45) is 0 Å². The lowest BCUT2D eigenvalue weighted by atomic mass is 10.1. The number of nitrogens with zero attached hydrogens (tertiary/aromatic N) is 1. The molecule has 0 aliphatic carbocycles. The van der Waals surface area contributed by atoms with Crippen LogP contribution in [-0.2, 0) is 0 Å². The molecule has 1 nitrogen and oxygen atoms in total. The highest BCUT2D eigenvalue weighted by Gasteiger charge is 2.16. The van der Waals surface area contributed by atoms with Crippen LogP contribution in [0.15, 0.2) is 0 Å². The lowest BCUT2D eigenvalue weighted by molar-refractivity contribution is -0.908. The minimum absolute atomic E-state index is 1.29. The summed E-state index contributed by atoms with van der Waals surface area (Å²) in [5.41, 5.74) is 0. The summed E-state index contributed by atoms with van der Waals surface area (Å²) in [6.45, 7) is 11.0. The molecule has 1 atom stereocenters. The van der Waals surface area contributed by atoms with Crippen molar-refractivity contribution in [3.63, 3.8) is 0 Å². The summed E-state index contributed by atoms with van der Waals surface area (Å²) >= 11 is 0. The van der Waals surface area contributed by atoms with Crippen LogP contribution in [0.4, 0.5) is 0 Å². The topological polar surface area (TPSA) is 0 Å². The molecule has 0 fully saturated rings. The predicted molar refractivity (Wildman–Crippen MR) is 88.6 cm³/mol. The predicted octanol–water partition coefficient (Wildman–Crippen LogP) is 5.78. The summed E-state index contributed by atoms with van der Waals surface area (Å²) in [7, 11) is 2.43. The smallest absolute Gasteiger partial charge is 0.0784 e. The van der Waals surface area contributed by atoms with Crippen LogP contribution >= 0.6 is 0 Å². The lowest BCUT2D eigenvalue weighted by Crippen LogP contribution is -2.45. The first-order chi connectivity index (χ1) is 9.18. The lowest BCUT2D eigenvalue weighted by Gasteiger charge is -2.33. The minimum Gasteiger partial charge on any atom is -0.326 e. The van der Waals surface area contributed by atoms with Crippen molar-refractivity contribution in [1.82, 2.24) is 0 Å². The maximum absolute atomic E-state index is 2.43. The molecule has 0 aromatic carbocycles. The van der Waals surface area contributed by atoms with E-state index in [1.807, 2.05) is 0 Å². The van der Waals surface area contributed by atoms with Gasteiger partial charge in [-0.05, 0) is 26.2 Å². The van der Waals surface area contributed by atoms with E-state index in [4.69, 9.17) is 0 Å². The van der Waals surface area contributed by atoms with Crippen molar-refractivity contribution in [2.45, 2.75) is 91.4 Å². The molecule has 1 unspecified atom stereocenters. The Morgan fingerprint density at radius 2 is 1.00 bits per heavy atom. The number of quaternary nitrogens is 1. The van der Waals surface area contributed by atoms with Gasteiger partial charge < -0.3 is 4.48 Å². The summed E-state index contributed by atoms with van der Waals surface area (Å²) in [5.74, 6) is 0. The Morgan fingerprint density at radius 3 is 1.42 bits per heavy atom. The molecule has 0 rings (SSSR count). The quantitative estimate of drug-likeness (QED) is 0.277. The Morgan fingerprint density at radius 1 is 0.526 bits per heavy atom. The largest absolute Gasteiger partial charge is 0.326 e. The highest BCUT2D eigenvalue weighted by Crippen LogP contribution is 2.12. The SMILES string of the molecule is CCCCCCCCCCCC[N+](C)(CC)CCC. The Balaban J connectivity index is 3.30. The maximum atomic E-state index is 2.43. The van der Waals surface area contributed by atoms with Crippen LogP contribution in [0.3, 0.4) is 0 Å². The molecule has 0 spiro atoms. The van der Waals surface area contributed by atoms with E-state index in [0.717, 1.165) is 0 Å². The van der Waals surface area contributed by atoms with Gasteiger partial charge in [-0.3, -0.25) is 0 Å². The third kappa shape index (κ3) is 11.5. The van der Waals surface area contributed by atoms with Crippen molar-refractivity contribution in [3.05, 3.63) is 0 Å². The number of unbranched alkanes of at least 4 members (excludes halogenated alkanes) is 9. The zero-order valence-electron chi connectivity index (χ0n) is 14.3. The molecule has 0 aromatic rings. The van der Waals surface area contributed by atoms with Gasteiger partial charge in [-0.15, -0.1) is 0 Å². The van der Waals surface area contributed by atoms with Crippen LogP contribution in [0.2, 0.25) is 0 Å². The van der Waals surface area contributed by atoms with E-state index in [9.17, 15) is 0 Å². The normalized spacial score (nSPS) is 14.5. The molecule has 0 aromatic heterocycles. The van der Waals surface area contributed by atoms with Crippen LogP contribution in [-0.4, -0.2) is 31.2 Å². The molecular formula is C18H40N+. The van der Waals surface area contributed by atoms with Gasteiger partial charge in [0.2, 0.25) is 0 Å². The second kappa shape index (κ2) is 13.0. The molecule has 0 radical (unpaired) electrons. The van der Waals surface area contributed by atoms with Gasteiger partial charge in [0, 0.05) is 0 Å².